The number of carbonyl (C=O) groups excluding carboxylic acids is 1. The van der Waals surface area contributed by atoms with Crippen molar-refractivity contribution in [3.8, 4) is 0 Å². The molecule has 2 atom stereocenters. The third-order valence-electron chi connectivity index (χ3n) is 3.70. The largest absolute Gasteiger partial charge is 0.380 e. The Balaban J connectivity index is 1.97. The van der Waals surface area contributed by atoms with Gasteiger partial charge in [0.2, 0.25) is 0 Å². The van der Waals surface area contributed by atoms with E-state index in [4.69, 9.17) is 0 Å². The van der Waals surface area contributed by atoms with E-state index in [1.165, 1.54) is 0 Å². The molecule has 1 N–H and O–H groups in total. The Kier molecular flexibility index (Phi) is 2.30. The van der Waals surface area contributed by atoms with Gasteiger partial charge in [0.05, 0.1) is 0 Å². The zero-order chi connectivity index (χ0) is 10.3. The van der Waals surface area contributed by atoms with Crippen molar-refractivity contribution in [1.29, 1.82) is 0 Å². The summed E-state index contributed by atoms with van der Waals surface area (Å²) < 4.78 is 0. The molecule has 1 aliphatic carbocycles. The van der Waals surface area contributed by atoms with E-state index in [0.717, 1.165) is 19.5 Å². The molecule has 1 aliphatic heterocycles. The van der Waals surface area contributed by atoms with Crippen LogP contribution in [0, 0.1) is 11.8 Å². The highest BCUT2D eigenvalue weighted by Crippen LogP contribution is 2.39. The summed E-state index contributed by atoms with van der Waals surface area (Å²) in [5, 5.41) is 9.71. The fourth-order valence-electron chi connectivity index (χ4n) is 2.36. The molecule has 2 aliphatic rings. The molecule has 3 heteroatoms. The number of amides is 1. The molecule has 2 fully saturated rings. The Bertz CT molecular complexity index is 248. The van der Waals surface area contributed by atoms with Gasteiger partial charge in [0.25, 0.3) is 5.91 Å². The molecule has 0 aromatic rings. The third kappa shape index (κ3) is 1.54. The first-order valence-corrected chi connectivity index (χ1v) is 5.58. The monoisotopic (exact) mass is 197 g/mol. The molecule has 0 spiro atoms. The van der Waals surface area contributed by atoms with Crippen molar-refractivity contribution >= 4 is 5.91 Å². The topological polar surface area (TPSA) is 40.5 Å². The van der Waals surface area contributed by atoms with Crippen molar-refractivity contribution in [1.82, 2.24) is 4.90 Å². The first-order chi connectivity index (χ1) is 6.57. The van der Waals surface area contributed by atoms with Crippen LogP contribution in [0.2, 0.25) is 0 Å². The zero-order valence-corrected chi connectivity index (χ0v) is 8.99. The molecule has 0 radical (unpaired) electrons. The Morgan fingerprint density at radius 3 is 2.57 bits per heavy atom. The van der Waals surface area contributed by atoms with Crippen LogP contribution >= 0.6 is 0 Å². The molecule has 1 saturated heterocycles. The smallest absolute Gasteiger partial charge is 0.254 e. The van der Waals surface area contributed by atoms with Crippen molar-refractivity contribution in [2.45, 2.75) is 38.7 Å². The van der Waals surface area contributed by atoms with Crippen molar-refractivity contribution < 1.29 is 9.90 Å². The summed E-state index contributed by atoms with van der Waals surface area (Å²) in [7, 11) is 0. The van der Waals surface area contributed by atoms with Crippen LogP contribution in [-0.4, -0.2) is 34.6 Å². The zero-order valence-electron chi connectivity index (χ0n) is 8.99. The lowest BCUT2D eigenvalue weighted by atomic mass is 9.96. The van der Waals surface area contributed by atoms with E-state index in [9.17, 15) is 9.90 Å². The lowest BCUT2D eigenvalue weighted by molar-refractivity contribution is -0.141. The Hall–Kier alpha value is -0.570. The van der Waals surface area contributed by atoms with E-state index in [-0.39, 0.29) is 5.91 Å². The van der Waals surface area contributed by atoms with E-state index in [1.807, 2.05) is 4.90 Å². The van der Waals surface area contributed by atoms with Crippen molar-refractivity contribution in [3.05, 3.63) is 0 Å². The Morgan fingerprint density at radius 1 is 1.50 bits per heavy atom. The second-order valence-corrected chi connectivity index (χ2v) is 4.89. The minimum Gasteiger partial charge on any atom is -0.380 e. The number of nitrogens with zero attached hydrogens (tertiary/aromatic N) is 1. The molecule has 1 heterocycles. The molecule has 14 heavy (non-hydrogen) atoms. The standard InChI is InChI=1S/C11H19NO2/c1-3-9-7-12(6-8(9)2)10(13)11(14)4-5-11/h8-9,14H,3-7H2,1-2H3. The van der Waals surface area contributed by atoms with Gasteiger partial charge in [-0.25, -0.2) is 0 Å². The second kappa shape index (κ2) is 3.23. The summed E-state index contributed by atoms with van der Waals surface area (Å²) in [6.07, 6.45) is 2.45. The normalized spacial score (nSPS) is 34.6. The molecule has 80 valence electrons. The molecule has 0 aromatic heterocycles. The number of aliphatic hydroxyl groups is 1. The van der Waals surface area contributed by atoms with Crippen molar-refractivity contribution in [2.24, 2.45) is 11.8 Å². The van der Waals surface area contributed by atoms with Crippen molar-refractivity contribution in [3.63, 3.8) is 0 Å². The van der Waals surface area contributed by atoms with Gasteiger partial charge >= 0.3 is 0 Å². The highest BCUT2D eigenvalue weighted by Gasteiger charge is 2.51. The molecule has 0 aromatic carbocycles. The second-order valence-electron chi connectivity index (χ2n) is 4.89. The van der Waals surface area contributed by atoms with Crippen LogP contribution in [0.1, 0.15) is 33.1 Å². The lowest BCUT2D eigenvalue weighted by Gasteiger charge is -2.19. The van der Waals surface area contributed by atoms with Gasteiger partial charge in [-0.05, 0) is 24.7 Å². The van der Waals surface area contributed by atoms with Crippen molar-refractivity contribution in [2.75, 3.05) is 13.1 Å². The SMILES string of the molecule is CCC1CN(C(=O)C2(O)CC2)CC1C. The fraction of sp³-hybridized carbons (Fsp3) is 0.909. The van der Waals surface area contributed by atoms with Crippen LogP contribution < -0.4 is 0 Å². The van der Waals surface area contributed by atoms with Crippen LogP contribution in [0.15, 0.2) is 0 Å². The fourth-order valence-corrected chi connectivity index (χ4v) is 2.36. The molecule has 3 nitrogen and oxygen atoms in total. The van der Waals surface area contributed by atoms with Crippen LogP contribution in [0.3, 0.4) is 0 Å². The number of likely N-dealkylation sites (tertiary alicyclic amines) is 1. The van der Waals surface area contributed by atoms with Gasteiger partial charge in [-0.1, -0.05) is 20.3 Å². The average molecular weight is 197 g/mol. The summed E-state index contributed by atoms with van der Waals surface area (Å²) in [5.41, 5.74) is -0.970. The first kappa shape index (κ1) is 9.97. The number of carbonyl (C=O) groups is 1. The van der Waals surface area contributed by atoms with Gasteiger partial charge < -0.3 is 10.0 Å². The molecular formula is C11H19NO2. The molecule has 2 rings (SSSR count). The summed E-state index contributed by atoms with van der Waals surface area (Å²) in [4.78, 5) is 13.7. The van der Waals surface area contributed by atoms with E-state index in [0.29, 0.717) is 24.7 Å². The van der Waals surface area contributed by atoms with Gasteiger partial charge in [0.15, 0.2) is 0 Å². The van der Waals surface area contributed by atoms with Crippen LogP contribution in [-0.2, 0) is 4.79 Å². The predicted molar refractivity (Wildman–Crippen MR) is 53.7 cm³/mol. The summed E-state index contributed by atoms with van der Waals surface area (Å²) in [6, 6.07) is 0. The maximum atomic E-state index is 11.8. The lowest BCUT2D eigenvalue weighted by Crippen LogP contribution is -2.39. The minimum atomic E-state index is -0.970. The molecule has 2 unspecified atom stereocenters. The van der Waals surface area contributed by atoms with Crippen LogP contribution in [0.5, 0.6) is 0 Å². The number of rotatable bonds is 2. The van der Waals surface area contributed by atoms with Crippen LogP contribution in [0.25, 0.3) is 0 Å². The quantitative estimate of drug-likeness (QED) is 0.718. The van der Waals surface area contributed by atoms with E-state index < -0.39 is 5.60 Å². The molecular weight excluding hydrogens is 178 g/mol. The first-order valence-electron chi connectivity index (χ1n) is 5.58. The predicted octanol–water partition coefficient (Wildman–Crippen LogP) is 1.02. The molecule has 1 amide bonds. The van der Waals surface area contributed by atoms with Gasteiger partial charge in [-0.2, -0.15) is 0 Å². The molecule has 1 saturated carbocycles. The van der Waals surface area contributed by atoms with E-state index >= 15 is 0 Å². The maximum absolute atomic E-state index is 11.8. The van der Waals surface area contributed by atoms with Gasteiger partial charge in [-0.3, -0.25) is 4.79 Å². The summed E-state index contributed by atoms with van der Waals surface area (Å²) >= 11 is 0. The van der Waals surface area contributed by atoms with Gasteiger partial charge in [0.1, 0.15) is 5.60 Å². The summed E-state index contributed by atoms with van der Waals surface area (Å²) in [5.74, 6) is 1.19. The number of hydrogen-bond acceptors (Lipinski definition) is 2. The molecule has 0 bridgehead atoms. The third-order valence-corrected chi connectivity index (χ3v) is 3.70. The highest BCUT2D eigenvalue weighted by atomic mass is 16.3. The van der Waals surface area contributed by atoms with Gasteiger partial charge in [-0.15, -0.1) is 0 Å². The highest BCUT2D eigenvalue weighted by molar-refractivity contribution is 5.88. The van der Waals surface area contributed by atoms with Gasteiger partial charge in [0, 0.05) is 13.1 Å². The maximum Gasteiger partial charge on any atom is 0.254 e. The van der Waals surface area contributed by atoms with E-state index in [2.05, 4.69) is 13.8 Å². The Morgan fingerprint density at radius 2 is 2.14 bits per heavy atom. The minimum absolute atomic E-state index is 0.0275. The van der Waals surface area contributed by atoms with Crippen LogP contribution in [0.4, 0.5) is 0 Å². The van der Waals surface area contributed by atoms with E-state index in [1.54, 1.807) is 0 Å². The summed E-state index contributed by atoms with van der Waals surface area (Å²) in [6.45, 7) is 6.04. The average Bonchev–Trinajstić information content (AvgIpc) is 2.79. The Labute approximate surface area is 85.1 Å². The number of hydrogen-bond donors (Lipinski definition) is 1.